The second-order valence-electron chi connectivity index (χ2n) is 4.96. The Morgan fingerprint density at radius 2 is 1.75 bits per heavy atom. The van der Waals surface area contributed by atoms with Gasteiger partial charge in [0.15, 0.2) is 0 Å². The van der Waals surface area contributed by atoms with E-state index in [0.29, 0.717) is 18.4 Å². The van der Waals surface area contributed by atoms with Gasteiger partial charge in [0.2, 0.25) is 0 Å². The van der Waals surface area contributed by atoms with Crippen LogP contribution < -0.4 is 0 Å². The van der Waals surface area contributed by atoms with E-state index in [9.17, 15) is 8.78 Å². The number of hydrogen-bond donors (Lipinski definition) is 1. The molecule has 0 aromatic heterocycles. The van der Waals surface area contributed by atoms with Gasteiger partial charge >= 0.3 is 0 Å². The van der Waals surface area contributed by atoms with Crippen molar-refractivity contribution in [3.63, 3.8) is 0 Å². The molecular weight excluding hydrogens is 278 g/mol. The van der Waals surface area contributed by atoms with Crippen LogP contribution in [0, 0.1) is 5.41 Å². The number of rotatable bonds is 2. The Hall–Kier alpha value is -0.480. The van der Waals surface area contributed by atoms with Gasteiger partial charge in [0.05, 0.1) is 17.4 Å². The van der Waals surface area contributed by atoms with Gasteiger partial charge in [0, 0.05) is 4.47 Å². The van der Waals surface area contributed by atoms with Gasteiger partial charge in [0.1, 0.15) is 0 Å². The van der Waals surface area contributed by atoms with E-state index in [1.54, 1.807) is 24.3 Å². The first-order valence-corrected chi connectivity index (χ1v) is 6.02. The van der Waals surface area contributed by atoms with Crippen LogP contribution in [-0.2, 0) is 5.41 Å². The van der Waals surface area contributed by atoms with Crippen molar-refractivity contribution in [3.05, 3.63) is 34.3 Å². The molecule has 4 rings (SSSR count). The highest BCUT2D eigenvalue weighted by Gasteiger charge is 2.88. The van der Waals surface area contributed by atoms with Gasteiger partial charge in [-0.25, -0.2) is 8.78 Å². The second-order valence-corrected chi connectivity index (χ2v) is 5.87. The summed E-state index contributed by atoms with van der Waals surface area (Å²) in [7, 11) is 0. The fraction of sp³-hybridized carbons (Fsp3) is 0.500. The molecule has 16 heavy (non-hydrogen) atoms. The van der Waals surface area contributed by atoms with Crippen LogP contribution in [0.25, 0.3) is 0 Å². The maximum Gasteiger partial charge on any atom is 0.265 e. The minimum Gasteiger partial charge on any atom is -0.396 e. The fourth-order valence-electron chi connectivity index (χ4n) is 3.21. The summed E-state index contributed by atoms with van der Waals surface area (Å²) in [6.45, 7) is -0.404. The lowest BCUT2D eigenvalue weighted by atomic mass is 9.31. The van der Waals surface area contributed by atoms with Gasteiger partial charge < -0.3 is 5.11 Å². The highest BCUT2D eigenvalue weighted by atomic mass is 79.9. The van der Waals surface area contributed by atoms with E-state index in [0.717, 1.165) is 4.47 Å². The molecule has 1 N–H and O–H groups in total. The van der Waals surface area contributed by atoms with Crippen molar-refractivity contribution in [3.8, 4) is 0 Å². The third-order valence-corrected chi connectivity index (χ3v) is 4.78. The minimum absolute atomic E-state index is 0.404. The molecule has 2 bridgehead atoms. The number of alkyl halides is 2. The molecule has 0 spiro atoms. The van der Waals surface area contributed by atoms with E-state index in [2.05, 4.69) is 15.9 Å². The summed E-state index contributed by atoms with van der Waals surface area (Å²) in [6.07, 6.45) is 0.816. The van der Waals surface area contributed by atoms with Crippen LogP contribution >= 0.6 is 15.9 Å². The Balaban J connectivity index is 1.97. The highest BCUT2D eigenvalue weighted by Crippen LogP contribution is 2.81. The van der Waals surface area contributed by atoms with Crippen LogP contribution in [0.4, 0.5) is 8.78 Å². The van der Waals surface area contributed by atoms with Crippen LogP contribution in [-0.4, -0.2) is 17.6 Å². The predicted octanol–water partition coefficient (Wildman–Crippen LogP) is 3.11. The summed E-state index contributed by atoms with van der Waals surface area (Å²) in [5.74, 6) is -2.75. The van der Waals surface area contributed by atoms with Crippen molar-refractivity contribution in [2.24, 2.45) is 5.41 Å². The van der Waals surface area contributed by atoms with Gasteiger partial charge in [-0.3, -0.25) is 0 Å². The maximum absolute atomic E-state index is 13.9. The van der Waals surface area contributed by atoms with E-state index in [1.165, 1.54) is 0 Å². The first kappa shape index (κ1) is 10.7. The van der Waals surface area contributed by atoms with Gasteiger partial charge in [-0.15, -0.1) is 0 Å². The summed E-state index contributed by atoms with van der Waals surface area (Å²) in [4.78, 5) is 0. The molecule has 1 aromatic carbocycles. The number of aliphatic hydroxyl groups is 1. The molecule has 0 saturated heterocycles. The molecule has 86 valence electrons. The van der Waals surface area contributed by atoms with Crippen molar-refractivity contribution >= 4 is 15.9 Å². The van der Waals surface area contributed by atoms with Crippen LogP contribution in [0.1, 0.15) is 18.4 Å². The lowest BCUT2D eigenvalue weighted by molar-refractivity contribution is -0.379. The zero-order chi connectivity index (χ0) is 11.6. The number of benzene rings is 1. The van der Waals surface area contributed by atoms with Crippen LogP contribution in [0.15, 0.2) is 28.7 Å². The van der Waals surface area contributed by atoms with E-state index in [4.69, 9.17) is 5.11 Å². The molecule has 1 aromatic rings. The average molecular weight is 289 g/mol. The molecular formula is C12H11BrF2O. The van der Waals surface area contributed by atoms with Gasteiger partial charge in [0.25, 0.3) is 5.92 Å². The first-order valence-electron chi connectivity index (χ1n) is 5.22. The zero-order valence-corrected chi connectivity index (χ0v) is 10.1. The van der Waals surface area contributed by atoms with Gasteiger partial charge in [-0.1, -0.05) is 28.1 Å². The molecule has 3 fully saturated rings. The summed E-state index contributed by atoms with van der Waals surface area (Å²) >= 11 is 3.29. The Morgan fingerprint density at radius 1 is 1.19 bits per heavy atom. The normalized spacial score (nSPS) is 38.8. The third-order valence-electron chi connectivity index (χ3n) is 4.25. The van der Waals surface area contributed by atoms with Crippen molar-refractivity contribution in [2.45, 2.75) is 24.2 Å². The fourth-order valence-corrected chi connectivity index (χ4v) is 3.47. The largest absolute Gasteiger partial charge is 0.396 e. The van der Waals surface area contributed by atoms with Crippen molar-refractivity contribution in [1.29, 1.82) is 0 Å². The Morgan fingerprint density at radius 3 is 2.19 bits per heavy atom. The van der Waals surface area contributed by atoms with E-state index in [1.807, 2.05) is 0 Å². The van der Waals surface area contributed by atoms with Crippen molar-refractivity contribution in [2.75, 3.05) is 6.61 Å². The van der Waals surface area contributed by atoms with Gasteiger partial charge in [-0.2, -0.15) is 0 Å². The zero-order valence-electron chi connectivity index (χ0n) is 8.51. The maximum atomic E-state index is 13.9. The quantitative estimate of drug-likeness (QED) is 0.887. The molecule has 0 radical (unpaired) electrons. The summed E-state index contributed by atoms with van der Waals surface area (Å²) in [6, 6.07) is 7.08. The molecule has 4 heteroatoms. The van der Waals surface area contributed by atoms with E-state index >= 15 is 0 Å². The van der Waals surface area contributed by atoms with Crippen LogP contribution in [0.5, 0.6) is 0 Å². The number of hydrogen-bond acceptors (Lipinski definition) is 1. The molecule has 1 nitrogen and oxygen atoms in total. The summed E-state index contributed by atoms with van der Waals surface area (Å²) < 4.78 is 28.7. The molecule has 3 saturated carbocycles. The number of aliphatic hydroxyl groups excluding tert-OH is 1. The van der Waals surface area contributed by atoms with Crippen molar-refractivity contribution < 1.29 is 13.9 Å². The SMILES string of the molecule is OCC12CC(c3ccc(Br)cc3)(C1)C2(F)F. The molecule has 0 amide bonds. The number of halogens is 3. The van der Waals surface area contributed by atoms with E-state index in [-0.39, 0.29) is 0 Å². The lowest BCUT2D eigenvalue weighted by Crippen LogP contribution is -2.82. The third kappa shape index (κ3) is 0.900. The smallest absolute Gasteiger partial charge is 0.265 e. The van der Waals surface area contributed by atoms with E-state index < -0.39 is 23.4 Å². The standard InChI is InChI=1S/C12H11BrF2O/c13-9-3-1-8(2-4-9)11-5-10(6-11,7-16)12(11,14)15/h1-4,16H,5-7H2. The topological polar surface area (TPSA) is 20.2 Å². The summed E-state index contributed by atoms with van der Waals surface area (Å²) in [5, 5.41) is 9.04. The molecule has 0 heterocycles. The van der Waals surface area contributed by atoms with Gasteiger partial charge in [-0.05, 0) is 30.5 Å². The predicted molar refractivity (Wildman–Crippen MR) is 59.5 cm³/mol. The lowest BCUT2D eigenvalue weighted by Gasteiger charge is -2.75. The average Bonchev–Trinajstić information content (AvgIpc) is 2.19. The second kappa shape index (κ2) is 2.85. The van der Waals surface area contributed by atoms with Crippen molar-refractivity contribution in [1.82, 2.24) is 0 Å². The Kier molecular flexibility index (Phi) is 1.90. The molecule has 0 atom stereocenters. The molecule has 0 unspecified atom stereocenters. The first-order chi connectivity index (χ1) is 7.47. The molecule has 0 aliphatic heterocycles. The monoisotopic (exact) mass is 288 g/mol. The van der Waals surface area contributed by atoms with Crippen LogP contribution in [0.3, 0.4) is 0 Å². The molecule has 3 aliphatic rings. The summed E-state index contributed by atoms with van der Waals surface area (Å²) in [5.41, 5.74) is -1.44. The highest BCUT2D eigenvalue weighted by molar-refractivity contribution is 9.10. The minimum atomic E-state index is -2.75. The van der Waals surface area contributed by atoms with Crippen LogP contribution in [0.2, 0.25) is 0 Å². The Bertz CT molecular complexity index is 435. The Labute approximate surface area is 101 Å². The molecule has 3 aliphatic carbocycles.